The Labute approximate surface area is 346 Å². The van der Waals surface area contributed by atoms with Crippen LogP contribution in [0.2, 0.25) is 17.3 Å². The topological polar surface area (TPSA) is 38.7 Å². The van der Waals surface area contributed by atoms with Gasteiger partial charge in [-0.2, -0.15) is 11.3 Å². The Kier molecular flexibility index (Phi) is 8.54. The zero-order valence-electron chi connectivity index (χ0n) is 40.8. The molecule has 4 aromatic heterocycles. The number of rotatable bonds is 6. The Morgan fingerprint density at radius 1 is 0.962 bits per heavy atom. The van der Waals surface area contributed by atoms with Crippen LogP contribution in [0.4, 0.5) is 0 Å². The van der Waals surface area contributed by atoms with Crippen LogP contribution in [-0.4, -0.2) is 28.2 Å². The van der Waals surface area contributed by atoms with Gasteiger partial charge in [0.1, 0.15) is 4.83 Å². The molecule has 3 nitrogen and oxygen atoms in total. The fourth-order valence-electron chi connectivity index (χ4n) is 7.58. The largest absolute Gasteiger partial charge is 0 e. The maximum Gasteiger partial charge on any atom is 0 e. The van der Waals surface area contributed by atoms with E-state index in [1.54, 1.807) is 24.4 Å². The van der Waals surface area contributed by atoms with Gasteiger partial charge >= 0.3 is 135 Å². The number of thiophene rings is 1. The van der Waals surface area contributed by atoms with Crippen LogP contribution in [0.3, 0.4) is 0 Å². The van der Waals surface area contributed by atoms with Crippen molar-refractivity contribution in [1.82, 2.24) is 15.0 Å². The Balaban J connectivity index is 0.000000230. The third-order valence-corrected chi connectivity index (χ3v) is 15.4. The van der Waals surface area contributed by atoms with Crippen LogP contribution in [-0.2, 0) is 32.9 Å². The van der Waals surface area contributed by atoms with Crippen LogP contribution in [0, 0.1) is 49.0 Å². The number of aryl methyl sites for hydroxylation is 2. The minimum atomic E-state index is -2.41. The molecule has 6 heteroatoms. The van der Waals surface area contributed by atoms with E-state index in [9.17, 15) is 0 Å². The summed E-state index contributed by atoms with van der Waals surface area (Å²) in [6.45, 7) is 1.09. The molecule has 4 heterocycles. The predicted molar refractivity (Wildman–Crippen MR) is 221 cm³/mol. The predicted octanol–water partition coefficient (Wildman–Crippen LogP) is 12.0. The zero-order valence-corrected chi connectivity index (χ0v) is 36.1. The number of fused-ring (bicyclic) bond motifs is 6. The average molecular weight is 955 g/mol. The quantitative estimate of drug-likeness (QED) is 0.123. The molecule has 0 N–H and O–H groups in total. The summed E-state index contributed by atoms with van der Waals surface area (Å²) >= 11 is -1.02. The molecule has 1 unspecified atom stereocenters. The van der Waals surface area contributed by atoms with Crippen molar-refractivity contribution in [2.75, 3.05) is 0 Å². The summed E-state index contributed by atoms with van der Waals surface area (Å²) in [5.74, 6) is 7.82. The summed E-state index contributed by atoms with van der Waals surface area (Å²) < 4.78 is 85.0. The fraction of sp³-hybridized carbons (Fsp3) is 0.413. The number of hydrogen-bond acceptors (Lipinski definition) is 4. The van der Waals surface area contributed by atoms with E-state index in [0.29, 0.717) is 49.0 Å². The fourth-order valence-corrected chi connectivity index (χ4v) is 11.7. The van der Waals surface area contributed by atoms with E-state index in [1.165, 1.54) is 36.3 Å². The molecule has 0 amide bonds. The first-order chi connectivity index (χ1) is 28.3. The van der Waals surface area contributed by atoms with Gasteiger partial charge in [0, 0.05) is 48.3 Å². The van der Waals surface area contributed by atoms with Gasteiger partial charge in [-0.15, -0.1) is 23.3 Å². The minimum Gasteiger partial charge on any atom is 0 e. The second-order valence-corrected chi connectivity index (χ2v) is 27.7. The van der Waals surface area contributed by atoms with E-state index in [4.69, 9.17) is 13.7 Å². The molecule has 0 saturated heterocycles. The first-order valence-electron chi connectivity index (χ1n) is 23.0. The second kappa shape index (κ2) is 16.0. The third kappa shape index (κ3) is 8.81. The molecule has 2 aromatic carbocycles. The second-order valence-electron chi connectivity index (χ2n) is 16.1. The SMILES string of the molecule is [2H]C([2H])([2H])c1ccc2c(n1)sc1c(-c3cc(C([2H])([2H])C4CC5CCC4CC5)ccn3)[c-]cc(C([2H])([2H])[2H])c12.[2H]C([2H])(c1cc(-c2[c-]cccc2)nc[c]1[Ge]([CH3])([CH3])[CH3])C(C)(C)C.[Ir]. The molecular weight excluding hydrogens is 891 g/mol. The molecule has 3 aliphatic rings. The first-order valence-corrected chi connectivity index (χ1v) is 26.2. The molecule has 0 spiro atoms. The number of nitrogens with zero attached hydrogens (tertiary/aromatic N) is 3. The van der Waals surface area contributed by atoms with E-state index in [-0.39, 0.29) is 37.3 Å². The maximum absolute atomic E-state index is 9.12. The first kappa shape index (κ1) is 27.8. The van der Waals surface area contributed by atoms with Gasteiger partial charge in [0.15, 0.2) is 0 Å². The number of benzene rings is 2. The molecule has 1 radical (unpaired) electrons. The van der Waals surface area contributed by atoms with Crippen LogP contribution in [0.15, 0.2) is 73.1 Å². The van der Waals surface area contributed by atoms with Crippen molar-refractivity contribution in [2.24, 2.45) is 23.2 Å². The van der Waals surface area contributed by atoms with Crippen LogP contribution in [0.5, 0.6) is 0 Å². The summed E-state index contributed by atoms with van der Waals surface area (Å²) in [6, 6.07) is 24.0. The van der Waals surface area contributed by atoms with Gasteiger partial charge in [0.25, 0.3) is 0 Å². The standard InChI is InChI=1S/C27H27N2S.C19H26GeN.Ir/c1-16-3-9-22(26-25(16)23-10-4-17(2)29-27(23)30-26)24-15-19(11-12-28-24)14-21-13-18-5-7-20(21)8-6-18;1-19(2,3)13-16-12-18(15-10-8-7-9-11-15)21-14-17(16)20(4,5)6;/h3-4,10-12,15,18,20-21H,5-8,13-14H2,1-2H3;7-10,12,14H,13H2,1-6H3;/q2*-1;/i1D3,2D3,14D2;13D2;. The van der Waals surface area contributed by atoms with Crippen LogP contribution >= 0.6 is 11.3 Å². The molecular formula is C46H53GeIrN3S-2. The van der Waals surface area contributed by atoms with Crippen molar-refractivity contribution in [1.29, 1.82) is 0 Å². The van der Waals surface area contributed by atoms with E-state index in [0.717, 1.165) is 40.5 Å². The molecule has 3 aliphatic carbocycles. The van der Waals surface area contributed by atoms with Gasteiger partial charge in [-0.25, -0.2) is 4.98 Å². The van der Waals surface area contributed by atoms with Crippen molar-refractivity contribution in [3.8, 4) is 22.5 Å². The third-order valence-electron chi connectivity index (χ3n) is 10.0. The molecule has 0 aliphatic heterocycles. The number of pyridine rings is 3. The summed E-state index contributed by atoms with van der Waals surface area (Å²) in [7, 11) is 0. The summed E-state index contributed by atoms with van der Waals surface area (Å²) in [5.41, 5.74) is 3.75. The van der Waals surface area contributed by atoms with Crippen molar-refractivity contribution in [3.63, 3.8) is 0 Å². The van der Waals surface area contributed by atoms with Crippen molar-refractivity contribution < 1.29 is 33.8 Å². The normalized spacial score (nSPS) is 22.5. The van der Waals surface area contributed by atoms with Crippen molar-refractivity contribution in [3.05, 3.63) is 108 Å². The van der Waals surface area contributed by atoms with Crippen LogP contribution in [0.1, 0.15) is 89.0 Å². The molecule has 1 atom stereocenters. The minimum absolute atomic E-state index is 0. The molecule has 2 bridgehead atoms. The van der Waals surface area contributed by atoms with Gasteiger partial charge in [0.2, 0.25) is 0 Å². The Morgan fingerprint density at radius 2 is 1.79 bits per heavy atom. The summed E-state index contributed by atoms with van der Waals surface area (Å²) in [5, 5.41) is 1.06. The van der Waals surface area contributed by atoms with Gasteiger partial charge in [-0.1, -0.05) is 42.8 Å². The Hall–Kier alpha value is -2.70. The Bertz CT molecular complexity index is 2550. The molecule has 6 aromatic rings. The monoisotopic (exact) mass is 956 g/mol. The van der Waals surface area contributed by atoms with Gasteiger partial charge in [0.05, 0.1) is 0 Å². The molecule has 3 saturated carbocycles. The van der Waals surface area contributed by atoms with Crippen LogP contribution < -0.4 is 4.40 Å². The Morgan fingerprint density at radius 3 is 2.46 bits per heavy atom. The van der Waals surface area contributed by atoms with E-state index in [2.05, 4.69) is 44.4 Å². The maximum atomic E-state index is 9.12. The van der Waals surface area contributed by atoms with Gasteiger partial charge < -0.3 is 4.98 Å². The molecule has 52 heavy (non-hydrogen) atoms. The number of hydrogen-bond donors (Lipinski definition) is 0. The molecule has 9 rings (SSSR count). The van der Waals surface area contributed by atoms with Crippen LogP contribution in [0.25, 0.3) is 42.8 Å². The van der Waals surface area contributed by atoms with Gasteiger partial charge in [-0.3, -0.25) is 0 Å². The van der Waals surface area contributed by atoms with Crippen molar-refractivity contribution in [2.45, 2.75) is 96.6 Å². The summed E-state index contributed by atoms with van der Waals surface area (Å²) in [6.07, 6.45) is 6.09. The van der Waals surface area contributed by atoms with E-state index >= 15 is 0 Å². The smallest absolute Gasteiger partial charge is 0 e. The zero-order chi connectivity index (χ0) is 44.5. The summed E-state index contributed by atoms with van der Waals surface area (Å²) in [4.78, 5) is 14.0. The number of aromatic nitrogens is 3. The van der Waals surface area contributed by atoms with E-state index < -0.39 is 45.1 Å². The molecule has 273 valence electrons. The average Bonchev–Trinajstić information content (AvgIpc) is 3.59. The van der Waals surface area contributed by atoms with Gasteiger partial charge in [-0.05, 0) is 72.8 Å². The van der Waals surface area contributed by atoms with E-state index in [1.807, 2.05) is 57.3 Å². The molecule has 3 fully saturated rings. The van der Waals surface area contributed by atoms with Crippen molar-refractivity contribution >= 4 is 49.3 Å².